The van der Waals surface area contributed by atoms with Gasteiger partial charge in [0.1, 0.15) is 0 Å². The van der Waals surface area contributed by atoms with Gasteiger partial charge in [0.25, 0.3) is 5.91 Å². The first-order valence-corrected chi connectivity index (χ1v) is 15.0. The largest absolute Gasteiger partial charge is 0.461 e. The summed E-state index contributed by atoms with van der Waals surface area (Å²) in [4.78, 5) is 34.0. The second-order valence-electron chi connectivity index (χ2n) is 10.9. The van der Waals surface area contributed by atoms with Crippen LogP contribution in [0.3, 0.4) is 0 Å². The van der Waals surface area contributed by atoms with Gasteiger partial charge in [0.15, 0.2) is 10.8 Å². The molecule has 0 radical (unpaired) electrons. The average Bonchev–Trinajstić information content (AvgIpc) is 3.35. The molecule has 218 valence electrons. The highest BCUT2D eigenvalue weighted by molar-refractivity contribution is 7.13. The highest BCUT2D eigenvalue weighted by Gasteiger charge is 2.40. The Morgan fingerprint density at radius 2 is 1.80 bits per heavy atom. The molecule has 1 amide bonds. The lowest BCUT2D eigenvalue weighted by Crippen LogP contribution is -2.35. The van der Waals surface area contributed by atoms with Gasteiger partial charge in [-0.2, -0.15) is 18.3 Å². The quantitative estimate of drug-likeness (QED) is 0.321. The molecular weight excluding hydrogens is 555 g/mol. The topological polar surface area (TPSA) is 80.6 Å². The standard InChI is InChI=1S/C29H32F3N5O3S/c1-2-40-27(39)24-17-41-28(34-24)35-13-10-20(11-14-35)37-25(18-7-8-18)22(15-33-37)26(38)36-12-9-19(16-36)21-5-3-4-6-23(21)29(30,31)32/h3-6,15,17-20H,2,7-14,16H2,1H3. The van der Waals surface area contributed by atoms with Crippen LogP contribution < -0.4 is 4.90 Å². The minimum Gasteiger partial charge on any atom is -0.461 e. The maximum atomic E-state index is 13.7. The minimum atomic E-state index is -4.42. The molecule has 4 heterocycles. The number of ether oxygens (including phenoxy) is 1. The molecule has 1 saturated carbocycles. The van der Waals surface area contributed by atoms with Crippen molar-refractivity contribution in [2.24, 2.45) is 0 Å². The van der Waals surface area contributed by atoms with Crippen molar-refractivity contribution in [3.05, 3.63) is 63.9 Å². The molecule has 12 heteroatoms. The van der Waals surface area contributed by atoms with E-state index in [2.05, 4.69) is 9.88 Å². The fraction of sp³-hybridized carbons (Fsp3) is 0.517. The monoisotopic (exact) mass is 587 g/mol. The second kappa shape index (κ2) is 11.1. The Kier molecular flexibility index (Phi) is 7.52. The second-order valence-corrected chi connectivity index (χ2v) is 11.8. The number of alkyl halides is 3. The van der Waals surface area contributed by atoms with Crippen LogP contribution in [-0.4, -0.2) is 64.3 Å². The maximum absolute atomic E-state index is 13.7. The van der Waals surface area contributed by atoms with Gasteiger partial charge in [0.05, 0.1) is 35.7 Å². The molecule has 1 unspecified atom stereocenters. The first kappa shape index (κ1) is 27.7. The highest BCUT2D eigenvalue weighted by atomic mass is 32.1. The Morgan fingerprint density at radius 3 is 2.51 bits per heavy atom. The van der Waals surface area contributed by atoms with Crippen LogP contribution >= 0.6 is 11.3 Å². The van der Waals surface area contributed by atoms with E-state index in [1.165, 1.54) is 23.5 Å². The van der Waals surface area contributed by atoms with Gasteiger partial charge < -0.3 is 14.5 Å². The molecule has 2 saturated heterocycles. The van der Waals surface area contributed by atoms with E-state index in [9.17, 15) is 22.8 Å². The van der Waals surface area contributed by atoms with Crippen LogP contribution in [0.4, 0.5) is 18.3 Å². The average molecular weight is 588 g/mol. The Hall–Kier alpha value is -3.41. The number of hydrogen-bond donors (Lipinski definition) is 0. The zero-order chi connectivity index (χ0) is 28.7. The molecule has 0 N–H and O–H groups in total. The molecule has 6 rings (SSSR count). The molecule has 1 aliphatic carbocycles. The molecule has 0 bridgehead atoms. The van der Waals surface area contributed by atoms with Gasteiger partial charge in [-0.1, -0.05) is 18.2 Å². The molecule has 3 aromatic rings. The molecule has 41 heavy (non-hydrogen) atoms. The number of thiazole rings is 1. The molecule has 1 aromatic carbocycles. The molecule has 3 aliphatic rings. The van der Waals surface area contributed by atoms with Crippen molar-refractivity contribution < 1.29 is 27.5 Å². The number of anilines is 1. The van der Waals surface area contributed by atoms with Crippen molar-refractivity contribution in [1.82, 2.24) is 19.7 Å². The number of amides is 1. The van der Waals surface area contributed by atoms with Crippen molar-refractivity contribution in [1.29, 1.82) is 0 Å². The predicted octanol–water partition coefficient (Wildman–Crippen LogP) is 5.88. The van der Waals surface area contributed by atoms with Gasteiger partial charge in [0.2, 0.25) is 0 Å². The number of rotatable bonds is 7. The third-order valence-corrected chi connectivity index (χ3v) is 9.17. The third-order valence-electron chi connectivity index (χ3n) is 8.27. The number of aromatic nitrogens is 3. The lowest BCUT2D eigenvalue weighted by Gasteiger charge is -2.32. The number of hydrogen-bond acceptors (Lipinski definition) is 7. The maximum Gasteiger partial charge on any atom is 0.416 e. The van der Waals surface area contributed by atoms with Crippen molar-refractivity contribution in [3.8, 4) is 0 Å². The van der Waals surface area contributed by atoms with Gasteiger partial charge in [0, 0.05) is 43.4 Å². The van der Waals surface area contributed by atoms with Crippen molar-refractivity contribution in [3.63, 3.8) is 0 Å². The summed E-state index contributed by atoms with van der Waals surface area (Å²) in [6.45, 7) is 4.26. The Labute approximate surface area is 240 Å². The number of likely N-dealkylation sites (tertiary alicyclic amines) is 1. The minimum absolute atomic E-state index is 0.137. The fourth-order valence-electron chi connectivity index (χ4n) is 6.08. The van der Waals surface area contributed by atoms with Crippen LogP contribution in [0, 0.1) is 0 Å². The van der Waals surface area contributed by atoms with Crippen LogP contribution in [0.2, 0.25) is 0 Å². The molecule has 1 atom stereocenters. The molecule has 0 spiro atoms. The number of esters is 1. The molecule has 2 aromatic heterocycles. The zero-order valence-electron chi connectivity index (χ0n) is 22.8. The van der Waals surface area contributed by atoms with Crippen molar-refractivity contribution >= 4 is 28.3 Å². The van der Waals surface area contributed by atoms with Crippen LogP contribution in [-0.2, 0) is 10.9 Å². The van der Waals surface area contributed by atoms with Crippen molar-refractivity contribution in [2.45, 2.75) is 63.1 Å². The predicted molar refractivity (Wildman–Crippen MR) is 147 cm³/mol. The highest BCUT2D eigenvalue weighted by Crippen LogP contribution is 2.45. The number of benzene rings is 1. The molecule has 2 aliphatic heterocycles. The lowest BCUT2D eigenvalue weighted by atomic mass is 9.93. The van der Waals surface area contributed by atoms with E-state index in [0.29, 0.717) is 30.8 Å². The van der Waals surface area contributed by atoms with E-state index in [-0.39, 0.29) is 35.9 Å². The molecule has 3 fully saturated rings. The van der Waals surface area contributed by atoms with Crippen molar-refractivity contribution in [2.75, 3.05) is 37.7 Å². The summed E-state index contributed by atoms with van der Waals surface area (Å²) in [6.07, 6.45) is 1.38. The van der Waals surface area contributed by atoms with Crippen LogP contribution in [0.5, 0.6) is 0 Å². The van der Waals surface area contributed by atoms with E-state index in [1.807, 2.05) is 4.68 Å². The number of nitrogens with zero attached hydrogens (tertiary/aromatic N) is 5. The first-order chi connectivity index (χ1) is 19.7. The third kappa shape index (κ3) is 5.58. The fourth-order valence-corrected chi connectivity index (χ4v) is 6.93. The van der Waals surface area contributed by atoms with E-state index in [4.69, 9.17) is 9.84 Å². The summed E-state index contributed by atoms with van der Waals surface area (Å²) in [6, 6.07) is 5.82. The molecular formula is C29H32F3N5O3S. The van der Waals surface area contributed by atoms with Crippen LogP contribution in [0.15, 0.2) is 35.8 Å². The summed E-state index contributed by atoms with van der Waals surface area (Å²) in [5, 5.41) is 7.21. The van der Waals surface area contributed by atoms with Gasteiger partial charge >= 0.3 is 12.1 Å². The number of carbonyl (C=O) groups excluding carboxylic acids is 2. The van der Waals surface area contributed by atoms with Crippen LogP contribution in [0.25, 0.3) is 0 Å². The van der Waals surface area contributed by atoms with E-state index in [0.717, 1.165) is 55.7 Å². The van der Waals surface area contributed by atoms with Crippen LogP contribution in [0.1, 0.15) is 94.6 Å². The smallest absolute Gasteiger partial charge is 0.416 e. The summed E-state index contributed by atoms with van der Waals surface area (Å²) >= 11 is 1.43. The summed E-state index contributed by atoms with van der Waals surface area (Å²) in [7, 11) is 0. The summed E-state index contributed by atoms with van der Waals surface area (Å²) in [5.74, 6) is -0.626. The number of halogens is 3. The lowest BCUT2D eigenvalue weighted by molar-refractivity contribution is -0.138. The van der Waals surface area contributed by atoms with E-state index in [1.54, 1.807) is 29.5 Å². The van der Waals surface area contributed by atoms with Gasteiger partial charge in [-0.25, -0.2) is 9.78 Å². The van der Waals surface area contributed by atoms with E-state index < -0.39 is 17.7 Å². The van der Waals surface area contributed by atoms with E-state index >= 15 is 0 Å². The number of carbonyl (C=O) groups is 2. The first-order valence-electron chi connectivity index (χ1n) is 14.1. The Bertz CT molecular complexity index is 1420. The number of piperidine rings is 1. The SMILES string of the molecule is CCOC(=O)c1csc(N2CCC(n3ncc(C(=O)N4CCC(c5ccccc5C(F)(F)F)C4)c3C3CC3)CC2)n1. The Balaban J connectivity index is 1.14. The summed E-state index contributed by atoms with van der Waals surface area (Å²) < 4.78 is 47.9. The Morgan fingerprint density at radius 1 is 1.05 bits per heavy atom. The zero-order valence-corrected chi connectivity index (χ0v) is 23.6. The van der Waals surface area contributed by atoms with Gasteiger partial charge in [-0.3, -0.25) is 9.48 Å². The molecule has 8 nitrogen and oxygen atoms in total. The normalized spacial score (nSPS) is 20.0. The van der Waals surface area contributed by atoms with Gasteiger partial charge in [-0.15, -0.1) is 11.3 Å². The van der Waals surface area contributed by atoms with Gasteiger partial charge in [-0.05, 0) is 50.7 Å². The summed E-state index contributed by atoms with van der Waals surface area (Å²) in [5.41, 5.74) is 1.51.